The second-order valence-electron chi connectivity index (χ2n) is 8.20. The van der Waals surface area contributed by atoms with Crippen LogP contribution in [0.15, 0.2) is 54.6 Å². The number of benzene rings is 2. The van der Waals surface area contributed by atoms with E-state index in [1.54, 1.807) is 0 Å². The highest BCUT2D eigenvalue weighted by Crippen LogP contribution is 2.30. The minimum atomic E-state index is -0.531. The lowest BCUT2D eigenvalue weighted by Crippen LogP contribution is -2.28. The van der Waals surface area contributed by atoms with Gasteiger partial charge in [0.1, 0.15) is 17.1 Å². The van der Waals surface area contributed by atoms with E-state index in [9.17, 15) is 4.79 Å². The summed E-state index contributed by atoms with van der Waals surface area (Å²) in [7, 11) is 0. The third kappa shape index (κ3) is 7.18. The maximum atomic E-state index is 12.4. The summed E-state index contributed by atoms with van der Waals surface area (Å²) in [6.07, 6.45) is 2.35. The van der Waals surface area contributed by atoms with E-state index in [2.05, 4.69) is 0 Å². The zero-order valence-electron chi connectivity index (χ0n) is 17.4. The molecule has 0 amide bonds. The Hall–Kier alpha value is -2.37. The standard InChI is InChI=1S/C24H30O5/c1-24(2,3)29-22(25)17-21(28-23-11-7-8-16-26-23)18-12-14-20(15-13-18)27-19-9-5-4-6-10-19/h4-6,9-10,12-15,21,23H,7-8,11,16-17H2,1-3H3/t21-,23?/m0/s1. The largest absolute Gasteiger partial charge is 0.460 e. The molecule has 2 aromatic carbocycles. The summed E-state index contributed by atoms with van der Waals surface area (Å²) in [5.74, 6) is 1.21. The molecule has 1 aliphatic rings. The smallest absolute Gasteiger partial charge is 0.309 e. The van der Waals surface area contributed by atoms with Crippen LogP contribution in [0.1, 0.15) is 58.1 Å². The van der Waals surface area contributed by atoms with Gasteiger partial charge in [-0.3, -0.25) is 4.79 Å². The van der Waals surface area contributed by atoms with Gasteiger partial charge in [-0.05, 0) is 69.9 Å². The van der Waals surface area contributed by atoms with E-state index in [4.69, 9.17) is 18.9 Å². The van der Waals surface area contributed by atoms with Gasteiger partial charge in [0.05, 0.1) is 12.5 Å². The molecule has 1 unspecified atom stereocenters. The summed E-state index contributed by atoms with van der Waals surface area (Å²) in [6, 6.07) is 17.2. The fourth-order valence-corrected chi connectivity index (χ4v) is 3.16. The number of carbonyl (C=O) groups excluding carboxylic acids is 1. The lowest BCUT2D eigenvalue weighted by molar-refractivity contribution is -0.196. The number of para-hydroxylation sites is 1. The summed E-state index contributed by atoms with van der Waals surface area (Å²) in [4.78, 5) is 12.4. The van der Waals surface area contributed by atoms with Crippen molar-refractivity contribution in [1.29, 1.82) is 0 Å². The summed E-state index contributed by atoms with van der Waals surface area (Å²) in [6.45, 7) is 6.27. The minimum absolute atomic E-state index is 0.135. The van der Waals surface area contributed by atoms with Crippen molar-refractivity contribution in [2.45, 2.75) is 64.4 Å². The molecule has 29 heavy (non-hydrogen) atoms. The molecule has 0 radical (unpaired) electrons. The summed E-state index contributed by atoms with van der Waals surface area (Å²) >= 11 is 0. The highest BCUT2D eigenvalue weighted by molar-refractivity contribution is 5.70. The van der Waals surface area contributed by atoms with Crippen LogP contribution in [0.25, 0.3) is 0 Å². The molecule has 156 valence electrons. The van der Waals surface area contributed by atoms with Crippen LogP contribution in [0.2, 0.25) is 0 Å². The highest BCUT2D eigenvalue weighted by atomic mass is 16.7. The molecule has 5 heteroatoms. The van der Waals surface area contributed by atoms with E-state index < -0.39 is 11.7 Å². The zero-order chi connectivity index (χ0) is 20.7. The van der Waals surface area contributed by atoms with Crippen molar-refractivity contribution in [2.75, 3.05) is 6.61 Å². The van der Waals surface area contributed by atoms with Crippen molar-refractivity contribution < 1.29 is 23.7 Å². The third-order valence-corrected chi connectivity index (χ3v) is 4.46. The second kappa shape index (κ2) is 9.90. The van der Waals surface area contributed by atoms with Gasteiger partial charge in [-0.2, -0.15) is 0 Å². The monoisotopic (exact) mass is 398 g/mol. The van der Waals surface area contributed by atoms with Crippen molar-refractivity contribution in [2.24, 2.45) is 0 Å². The predicted octanol–water partition coefficient (Wildman–Crippen LogP) is 5.80. The summed E-state index contributed by atoms with van der Waals surface area (Å²) < 4.78 is 23.2. The lowest BCUT2D eigenvalue weighted by Gasteiger charge is -2.28. The van der Waals surface area contributed by atoms with Gasteiger partial charge < -0.3 is 18.9 Å². The molecule has 0 bridgehead atoms. The quantitative estimate of drug-likeness (QED) is 0.552. The first kappa shape index (κ1) is 21.3. The van der Waals surface area contributed by atoms with E-state index in [0.717, 1.165) is 36.3 Å². The fourth-order valence-electron chi connectivity index (χ4n) is 3.16. The molecular formula is C24H30O5. The van der Waals surface area contributed by atoms with E-state index >= 15 is 0 Å². The Labute approximate surface area is 172 Å². The van der Waals surface area contributed by atoms with Gasteiger partial charge >= 0.3 is 5.97 Å². The normalized spacial score (nSPS) is 18.1. The molecule has 0 N–H and O–H groups in total. The molecule has 2 atom stereocenters. The van der Waals surface area contributed by atoms with Gasteiger partial charge in [0.2, 0.25) is 0 Å². The molecule has 0 saturated carbocycles. The zero-order valence-corrected chi connectivity index (χ0v) is 17.4. The Morgan fingerprint density at radius 2 is 1.72 bits per heavy atom. The van der Waals surface area contributed by atoms with Crippen LogP contribution in [0, 0.1) is 0 Å². The van der Waals surface area contributed by atoms with Crippen molar-refractivity contribution in [3.63, 3.8) is 0 Å². The minimum Gasteiger partial charge on any atom is -0.460 e. The van der Waals surface area contributed by atoms with Crippen LogP contribution >= 0.6 is 0 Å². The van der Waals surface area contributed by atoms with Crippen molar-refractivity contribution >= 4 is 5.97 Å². The Balaban J connectivity index is 1.70. The van der Waals surface area contributed by atoms with Crippen molar-refractivity contribution in [3.05, 3.63) is 60.2 Å². The maximum absolute atomic E-state index is 12.4. The average Bonchev–Trinajstić information content (AvgIpc) is 2.68. The van der Waals surface area contributed by atoms with E-state index in [1.165, 1.54) is 0 Å². The van der Waals surface area contributed by atoms with Crippen LogP contribution in [0.5, 0.6) is 11.5 Å². The molecule has 0 spiro atoms. The Morgan fingerprint density at radius 3 is 2.34 bits per heavy atom. The molecule has 0 aromatic heterocycles. The van der Waals surface area contributed by atoms with Gasteiger partial charge in [-0.25, -0.2) is 0 Å². The molecule has 3 rings (SSSR count). The Bertz CT molecular complexity index is 758. The van der Waals surface area contributed by atoms with Crippen LogP contribution < -0.4 is 4.74 Å². The van der Waals surface area contributed by atoms with Gasteiger partial charge in [-0.1, -0.05) is 30.3 Å². The van der Waals surface area contributed by atoms with Gasteiger partial charge in [0, 0.05) is 6.61 Å². The fraction of sp³-hybridized carbons (Fsp3) is 0.458. The van der Waals surface area contributed by atoms with Gasteiger partial charge in [-0.15, -0.1) is 0 Å². The number of carbonyl (C=O) groups is 1. The van der Waals surface area contributed by atoms with Gasteiger partial charge in [0.25, 0.3) is 0 Å². The first-order chi connectivity index (χ1) is 13.9. The highest BCUT2D eigenvalue weighted by Gasteiger charge is 2.26. The average molecular weight is 398 g/mol. The lowest BCUT2D eigenvalue weighted by atomic mass is 10.1. The van der Waals surface area contributed by atoms with Crippen LogP contribution in [0.4, 0.5) is 0 Å². The molecule has 0 aliphatic carbocycles. The number of ether oxygens (including phenoxy) is 4. The van der Waals surface area contributed by atoms with Crippen molar-refractivity contribution in [3.8, 4) is 11.5 Å². The van der Waals surface area contributed by atoms with E-state index in [1.807, 2.05) is 75.4 Å². The summed E-state index contributed by atoms with van der Waals surface area (Å²) in [5.41, 5.74) is 0.363. The number of hydrogen-bond donors (Lipinski definition) is 0. The first-order valence-electron chi connectivity index (χ1n) is 10.2. The molecule has 1 heterocycles. The number of hydrogen-bond acceptors (Lipinski definition) is 5. The molecular weight excluding hydrogens is 368 g/mol. The van der Waals surface area contributed by atoms with Crippen LogP contribution in [-0.2, 0) is 19.0 Å². The second-order valence-corrected chi connectivity index (χ2v) is 8.20. The van der Waals surface area contributed by atoms with Crippen molar-refractivity contribution in [1.82, 2.24) is 0 Å². The molecule has 2 aromatic rings. The Morgan fingerprint density at radius 1 is 1.03 bits per heavy atom. The van der Waals surface area contributed by atoms with E-state index in [-0.39, 0.29) is 18.7 Å². The van der Waals surface area contributed by atoms with E-state index in [0.29, 0.717) is 6.61 Å². The number of esters is 1. The molecule has 5 nitrogen and oxygen atoms in total. The SMILES string of the molecule is CC(C)(C)OC(=O)C[C@H](OC1CCCCO1)c1ccc(Oc2ccccc2)cc1. The maximum Gasteiger partial charge on any atom is 0.309 e. The first-order valence-corrected chi connectivity index (χ1v) is 10.2. The summed E-state index contributed by atoms with van der Waals surface area (Å²) in [5, 5.41) is 0. The van der Waals surface area contributed by atoms with Crippen LogP contribution in [0.3, 0.4) is 0 Å². The number of rotatable bonds is 7. The predicted molar refractivity (Wildman–Crippen MR) is 111 cm³/mol. The molecule has 1 aliphatic heterocycles. The van der Waals surface area contributed by atoms with Crippen LogP contribution in [-0.4, -0.2) is 24.5 Å². The van der Waals surface area contributed by atoms with Gasteiger partial charge in [0.15, 0.2) is 6.29 Å². The topological polar surface area (TPSA) is 54.0 Å². The third-order valence-electron chi connectivity index (χ3n) is 4.46. The Kier molecular flexibility index (Phi) is 7.29. The molecule has 1 fully saturated rings. The molecule has 1 saturated heterocycles.